The Bertz CT molecular complexity index is 772. The zero-order valence-electron chi connectivity index (χ0n) is 15.6. The molecule has 148 valence electrons. The highest BCUT2D eigenvalue weighted by molar-refractivity contribution is 14.0. The molecule has 8 heteroatoms. The van der Waals surface area contributed by atoms with Gasteiger partial charge in [0.05, 0.1) is 26.5 Å². The van der Waals surface area contributed by atoms with Crippen LogP contribution in [0.25, 0.3) is 0 Å². The van der Waals surface area contributed by atoms with Gasteiger partial charge in [-0.15, -0.1) is 24.0 Å². The molecule has 2 rings (SSSR count). The highest BCUT2D eigenvalue weighted by atomic mass is 127. The molecular formula is C19H25ClIN3O3. The fourth-order valence-corrected chi connectivity index (χ4v) is 2.62. The Labute approximate surface area is 182 Å². The summed E-state index contributed by atoms with van der Waals surface area (Å²) >= 11 is 6.07. The Balaban J connectivity index is 0.00000364. The van der Waals surface area contributed by atoms with E-state index in [1.807, 2.05) is 31.2 Å². The molecule has 0 bridgehead atoms. The number of benzene rings is 2. The highest BCUT2D eigenvalue weighted by Crippen LogP contribution is 2.28. The molecule has 3 N–H and O–H groups in total. The van der Waals surface area contributed by atoms with E-state index in [1.165, 1.54) is 0 Å². The number of nitrogens with zero attached hydrogens (tertiary/aromatic N) is 1. The normalized spacial score (nSPS) is 10.7. The van der Waals surface area contributed by atoms with E-state index in [2.05, 4.69) is 10.3 Å². The van der Waals surface area contributed by atoms with Crippen molar-refractivity contribution in [3.63, 3.8) is 0 Å². The molecule has 0 radical (unpaired) electrons. The summed E-state index contributed by atoms with van der Waals surface area (Å²) in [4.78, 5) is 4.36. The summed E-state index contributed by atoms with van der Waals surface area (Å²) in [6.07, 6.45) is 0.660. The zero-order chi connectivity index (χ0) is 18.9. The molecule has 0 fully saturated rings. The Morgan fingerprint density at radius 1 is 1.11 bits per heavy atom. The first-order valence-corrected chi connectivity index (χ1v) is 8.65. The maximum atomic E-state index is 6.07. The summed E-state index contributed by atoms with van der Waals surface area (Å²) in [6.45, 7) is 3.03. The molecule has 0 saturated carbocycles. The minimum absolute atomic E-state index is 0. The van der Waals surface area contributed by atoms with E-state index in [-0.39, 0.29) is 29.9 Å². The van der Waals surface area contributed by atoms with Gasteiger partial charge in [-0.2, -0.15) is 0 Å². The Hall–Kier alpha value is -1.87. The lowest BCUT2D eigenvalue weighted by molar-refractivity contribution is 0.336. The molecule has 0 spiro atoms. The van der Waals surface area contributed by atoms with Crippen molar-refractivity contribution in [1.29, 1.82) is 0 Å². The standard InChI is InChI=1S/C19H24ClN3O3.HI/c1-4-26-17-7-5-14(20)11-13(17)9-10-22-19(21)23-16-12-15(24-2)6-8-18(16)25-3;/h5-8,11-12H,4,9-10H2,1-3H3,(H3,21,22,23);1H. The third kappa shape index (κ3) is 6.99. The first-order valence-electron chi connectivity index (χ1n) is 8.27. The number of aliphatic imine (C=N–C) groups is 1. The van der Waals surface area contributed by atoms with Crippen LogP contribution in [0.5, 0.6) is 17.2 Å². The lowest BCUT2D eigenvalue weighted by Crippen LogP contribution is -2.23. The molecule has 0 aliphatic carbocycles. The molecule has 2 aromatic carbocycles. The number of methoxy groups -OCH3 is 2. The number of rotatable bonds is 8. The van der Waals surface area contributed by atoms with Crippen LogP contribution in [-0.2, 0) is 6.42 Å². The van der Waals surface area contributed by atoms with Gasteiger partial charge in [0.2, 0.25) is 0 Å². The van der Waals surface area contributed by atoms with E-state index in [4.69, 9.17) is 31.5 Å². The molecule has 0 aliphatic heterocycles. The number of ether oxygens (including phenoxy) is 3. The molecule has 0 aromatic heterocycles. The molecule has 6 nitrogen and oxygen atoms in total. The molecule has 0 unspecified atom stereocenters. The van der Waals surface area contributed by atoms with Crippen molar-refractivity contribution in [3.05, 3.63) is 47.0 Å². The van der Waals surface area contributed by atoms with E-state index >= 15 is 0 Å². The van der Waals surface area contributed by atoms with Crippen LogP contribution in [0.2, 0.25) is 5.02 Å². The Kier molecular flexibility index (Phi) is 10.1. The molecule has 0 aliphatic rings. The number of guanidine groups is 1. The SMILES string of the molecule is CCOc1ccc(Cl)cc1CCN=C(N)Nc1cc(OC)ccc1OC.I. The minimum Gasteiger partial charge on any atom is -0.497 e. The second-order valence-electron chi connectivity index (χ2n) is 5.39. The lowest BCUT2D eigenvalue weighted by Gasteiger charge is -2.12. The van der Waals surface area contributed by atoms with E-state index in [1.54, 1.807) is 26.4 Å². The van der Waals surface area contributed by atoms with Gasteiger partial charge in [0, 0.05) is 17.6 Å². The quantitative estimate of drug-likeness (QED) is 0.317. The molecule has 2 aromatic rings. The summed E-state index contributed by atoms with van der Waals surface area (Å²) in [5, 5.41) is 3.71. The highest BCUT2D eigenvalue weighted by Gasteiger charge is 2.07. The van der Waals surface area contributed by atoms with Crippen LogP contribution in [0.1, 0.15) is 12.5 Å². The van der Waals surface area contributed by atoms with Gasteiger partial charge in [0.25, 0.3) is 0 Å². The Morgan fingerprint density at radius 2 is 1.85 bits per heavy atom. The first kappa shape index (κ1) is 23.2. The molecule has 0 amide bonds. The van der Waals surface area contributed by atoms with Crippen LogP contribution in [0.4, 0.5) is 5.69 Å². The lowest BCUT2D eigenvalue weighted by atomic mass is 10.1. The third-order valence-corrected chi connectivity index (χ3v) is 3.89. The summed E-state index contributed by atoms with van der Waals surface area (Å²) in [7, 11) is 3.19. The van der Waals surface area contributed by atoms with E-state index in [9.17, 15) is 0 Å². The van der Waals surface area contributed by atoms with E-state index in [0.717, 1.165) is 11.3 Å². The van der Waals surface area contributed by atoms with Crippen LogP contribution in [0.15, 0.2) is 41.4 Å². The van der Waals surface area contributed by atoms with E-state index in [0.29, 0.717) is 41.8 Å². The minimum atomic E-state index is 0. The van der Waals surface area contributed by atoms with Crippen molar-refractivity contribution >= 4 is 47.2 Å². The Morgan fingerprint density at radius 3 is 2.52 bits per heavy atom. The zero-order valence-corrected chi connectivity index (χ0v) is 18.7. The van der Waals surface area contributed by atoms with Crippen molar-refractivity contribution in [2.45, 2.75) is 13.3 Å². The van der Waals surface area contributed by atoms with Crippen molar-refractivity contribution in [1.82, 2.24) is 0 Å². The number of nitrogens with two attached hydrogens (primary N) is 1. The maximum absolute atomic E-state index is 6.07. The van der Waals surface area contributed by atoms with Crippen LogP contribution in [0.3, 0.4) is 0 Å². The smallest absolute Gasteiger partial charge is 0.193 e. The fraction of sp³-hybridized carbons (Fsp3) is 0.316. The molecule has 0 saturated heterocycles. The van der Waals surface area contributed by atoms with Gasteiger partial charge in [-0.3, -0.25) is 4.99 Å². The monoisotopic (exact) mass is 505 g/mol. The average Bonchev–Trinajstić information content (AvgIpc) is 2.64. The molecule has 27 heavy (non-hydrogen) atoms. The first-order chi connectivity index (χ1) is 12.6. The second kappa shape index (κ2) is 11.8. The van der Waals surface area contributed by atoms with Gasteiger partial charge in [-0.05, 0) is 49.2 Å². The van der Waals surface area contributed by atoms with Gasteiger partial charge in [0.15, 0.2) is 5.96 Å². The second-order valence-corrected chi connectivity index (χ2v) is 5.83. The number of halogens is 2. The average molecular weight is 506 g/mol. The topological polar surface area (TPSA) is 78.1 Å². The molecule has 0 heterocycles. The summed E-state index contributed by atoms with van der Waals surface area (Å²) < 4.78 is 16.2. The van der Waals surface area contributed by atoms with Crippen LogP contribution < -0.4 is 25.3 Å². The van der Waals surface area contributed by atoms with Gasteiger partial charge in [-0.25, -0.2) is 0 Å². The van der Waals surface area contributed by atoms with Crippen molar-refractivity contribution in [3.8, 4) is 17.2 Å². The van der Waals surface area contributed by atoms with Gasteiger partial charge < -0.3 is 25.3 Å². The van der Waals surface area contributed by atoms with Gasteiger partial charge >= 0.3 is 0 Å². The fourth-order valence-electron chi connectivity index (χ4n) is 2.43. The van der Waals surface area contributed by atoms with Crippen molar-refractivity contribution in [2.24, 2.45) is 10.7 Å². The molecular weight excluding hydrogens is 481 g/mol. The number of anilines is 1. The van der Waals surface area contributed by atoms with Crippen LogP contribution >= 0.6 is 35.6 Å². The molecule has 0 atom stereocenters. The van der Waals surface area contributed by atoms with Crippen LogP contribution in [-0.4, -0.2) is 33.3 Å². The summed E-state index contributed by atoms with van der Waals surface area (Å²) in [5.74, 6) is 2.45. The van der Waals surface area contributed by atoms with Crippen molar-refractivity contribution < 1.29 is 14.2 Å². The number of hydrogen-bond donors (Lipinski definition) is 2. The van der Waals surface area contributed by atoms with E-state index < -0.39 is 0 Å². The number of hydrogen-bond acceptors (Lipinski definition) is 4. The predicted molar refractivity (Wildman–Crippen MR) is 121 cm³/mol. The summed E-state index contributed by atoms with van der Waals surface area (Å²) in [6, 6.07) is 11.0. The maximum Gasteiger partial charge on any atom is 0.193 e. The summed E-state index contributed by atoms with van der Waals surface area (Å²) in [5.41, 5.74) is 7.68. The van der Waals surface area contributed by atoms with Gasteiger partial charge in [-0.1, -0.05) is 11.6 Å². The largest absolute Gasteiger partial charge is 0.497 e. The van der Waals surface area contributed by atoms with Crippen LogP contribution in [0, 0.1) is 0 Å². The third-order valence-electron chi connectivity index (χ3n) is 3.66. The van der Waals surface area contributed by atoms with Gasteiger partial charge in [0.1, 0.15) is 17.2 Å². The number of nitrogens with one attached hydrogen (secondary N) is 1. The van der Waals surface area contributed by atoms with Crippen molar-refractivity contribution in [2.75, 3.05) is 32.7 Å². The predicted octanol–water partition coefficient (Wildman–Crippen LogP) is 4.34.